The molecule has 4 N–H and O–H groups in total. The van der Waals surface area contributed by atoms with Crippen LogP contribution in [0.5, 0.6) is 5.75 Å². The van der Waals surface area contributed by atoms with Gasteiger partial charge in [0, 0.05) is 11.3 Å². The molecule has 24 heavy (non-hydrogen) atoms. The molecular weight excluding hydrogens is 306 g/mol. The number of hydrazine groups is 1. The van der Waals surface area contributed by atoms with Crippen LogP contribution in [0.4, 0.5) is 5.69 Å². The smallest absolute Gasteiger partial charge is 0.274 e. The average Bonchev–Trinajstić information content (AvgIpc) is 2.61. The van der Waals surface area contributed by atoms with Crippen LogP contribution in [0.2, 0.25) is 0 Å². The second-order valence-corrected chi connectivity index (χ2v) is 5.26. The number of nitrogens with two attached hydrogens (primary N) is 1. The lowest BCUT2D eigenvalue weighted by molar-refractivity contribution is -0.127. The monoisotopic (exact) mass is 327 g/mol. The molecule has 0 aliphatic heterocycles. The molecule has 0 bridgehead atoms. The highest BCUT2D eigenvalue weighted by Gasteiger charge is 2.13. The maximum Gasteiger partial charge on any atom is 0.274 e. The Morgan fingerprint density at radius 2 is 1.79 bits per heavy atom. The lowest BCUT2D eigenvalue weighted by Crippen LogP contribution is -2.40. The zero-order valence-corrected chi connectivity index (χ0v) is 13.7. The van der Waals surface area contributed by atoms with Crippen LogP contribution in [0.1, 0.15) is 29.8 Å². The summed E-state index contributed by atoms with van der Waals surface area (Å²) in [4.78, 5) is 23.7. The molecule has 0 spiro atoms. The molecule has 1 atom stereocenters. The molecule has 0 radical (unpaired) electrons. The largest absolute Gasteiger partial charge is 0.481 e. The Labute approximate surface area is 141 Å². The molecule has 2 aromatic carbocycles. The highest BCUT2D eigenvalue weighted by molar-refractivity contribution is 6.04. The van der Waals surface area contributed by atoms with E-state index >= 15 is 0 Å². The van der Waals surface area contributed by atoms with Crippen molar-refractivity contribution in [2.45, 2.75) is 26.4 Å². The molecular formula is C18H21N3O3. The molecule has 0 fully saturated rings. The van der Waals surface area contributed by atoms with E-state index in [2.05, 4.69) is 5.32 Å². The Kier molecular flexibility index (Phi) is 5.92. The average molecular weight is 327 g/mol. The summed E-state index contributed by atoms with van der Waals surface area (Å²) in [6.07, 6.45) is 0.121. The summed E-state index contributed by atoms with van der Waals surface area (Å²) in [5.41, 5.74) is 4.41. The number of ether oxygens (including phenoxy) is 1. The normalized spacial score (nSPS) is 11.5. The molecule has 0 saturated carbocycles. The van der Waals surface area contributed by atoms with Crippen LogP contribution in [0, 0.1) is 0 Å². The molecule has 0 heterocycles. The summed E-state index contributed by atoms with van der Waals surface area (Å²) in [6.45, 7) is 3.63. The van der Waals surface area contributed by atoms with Gasteiger partial charge < -0.3 is 10.1 Å². The summed E-state index contributed by atoms with van der Waals surface area (Å²) < 4.78 is 5.43. The maximum atomic E-state index is 12.3. The highest BCUT2D eigenvalue weighted by atomic mass is 16.5. The van der Waals surface area contributed by atoms with Crippen LogP contribution < -0.4 is 21.3 Å². The van der Waals surface area contributed by atoms with E-state index in [0.29, 0.717) is 11.3 Å². The molecule has 2 aromatic rings. The number of para-hydroxylation sites is 1. The van der Waals surface area contributed by atoms with E-state index in [1.807, 2.05) is 36.6 Å². The van der Waals surface area contributed by atoms with Gasteiger partial charge in [-0.3, -0.25) is 15.0 Å². The van der Waals surface area contributed by atoms with Gasteiger partial charge >= 0.3 is 0 Å². The highest BCUT2D eigenvalue weighted by Crippen LogP contribution is 2.18. The number of rotatable bonds is 6. The fraction of sp³-hybridized carbons (Fsp3) is 0.222. The van der Waals surface area contributed by atoms with Crippen LogP contribution in [0.15, 0.2) is 48.5 Å². The molecule has 0 aromatic heterocycles. The molecule has 2 rings (SSSR count). The first-order valence-corrected chi connectivity index (χ1v) is 7.71. The first-order valence-electron chi connectivity index (χ1n) is 7.71. The molecule has 2 amide bonds. The molecule has 6 nitrogen and oxygen atoms in total. The van der Waals surface area contributed by atoms with Gasteiger partial charge in [0.1, 0.15) is 5.75 Å². The number of hydrogen-bond donors (Lipinski definition) is 3. The van der Waals surface area contributed by atoms with Gasteiger partial charge in [-0.25, -0.2) is 5.84 Å². The summed E-state index contributed by atoms with van der Waals surface area (Å²) in [5.74, 6) is 4.92. The summed E-state index contributed by atoms with van der Waals surface area (Å²) >= 11 is 0. The van der Waals surface area contributed by atoms with Crippen molar-refractivity contribution in [3.8, 4) is 5.75 Å². The fourth-order valence-electron chi connectivity index (χ4n) is 2.20. The summed E-state index contributed by atoms with van der Waals surface area (Å²) in [5, 5.41) is 2.90. The number of carbonyl (C=O) groups is 2. The predicted octanol–water partition coefficient (Wildman–Crippen LogP) is 2.26. The Balaban J connectivity index is 2.05. The van der Waals surface area contributed by atoms with Crippen molar-refractivity contribution < 1.29 is 14.3 Å². The van der Waals surface area contributed by atoms with Gasteiger partial charge in [-0.15, -0.1) is 0 Å². The van der Waals surface area contributed by atoms with Gasteiger partial charge in [-0.1, -0.05) is 25.1 Å². The van der Waals surface area contributed by atoms with Crippen LogP contribution in [0.25, 0.3) is 0 Å². The van der Waals surface area contributed by atoms with Crippen molar-refractivity contribution in [3.05, 3.63) is 59.7 Å². The minimum atomic E-state index is -0.717. The minimum absolute atomic E-state index is 0.199. The Morgan fingerprint density at radius 3 is 2.42 bits per heavy atom. The van der Waals surface area contributed by atoms with Gasteiger partial charge in [0.05, 0.1) is 0 Å². The lowest BCUT2D eigenvalue weighted by atomic mass is 10.1. The zero-order valence-electron chi connectivity index (χ0n) is 13.7. The van der Waals surface area contributed by atoms with Crippen molar-refractivity contribution in [1.82, 2.24) is 5.43 Å². The van der Waals surface area contributed by atoms with Gasteiger partial charge in [-0.05, 0) is 49.2 Å². The van der Waals surface area contributed by atoms with Crippen LogP contribution in [-0.4, -0.2) is 17.9 Å². The van der Waals surface area contributed by atoms with Crippen molar-refractivity contribution in [1.29, 1.82) is 0 Å². The number of anilines is 1. The van der Waals surface area contributed by atoms with E-state index in [9.17, 15) is 9.59 Å². The third kappa shape index (κ3) is 4.33. The van der Waals surface area contributed by atoms with Gasteiger partial charge in [0.25, 0.3) is 11.8 Å². The third-order valence-electron chi connectivity index (χ3n) is 3.59. The van der Waals surface area contributed by atoms with Crippen molar-refractivity contribution in [2.24, 2.45) is 5.84 Å². The van der Waals surface area contributed by atoms with E-state index < -0.39 is 12.0 Å². The third-order valence-corrected chi connectivity index (χ3v) is 3.59. The van der Waals surface area contributed by atoms with Crippen molar-refractivity contribution >= 4 is 17.5 Å². The molecule has 126 valence electrons. The quantitative estimate of drug-likeness (QED) is 0.431. The second-order valence-electron chi connectivity index (χ2n) is 5.26. The summed E-state index contributed by atoms with van der Waals surface area (Å²) in [6, 6.07) is 14.3. The van der Waals surface area contributed by atoms with E-state index in [1.54, 1.807) is 31.2 Å². The Bertz CT molecular complexity index is 714. The van der Waals surface area contributed by atoms with E-state index in [-0.39, 0.29) is 5.91 Å². The topological polar surface area (TPSA) is 93.4 Å². The van der Waals surface area contributed by atoms with Gasteiger partial charge in [0.15, 0.2) is 6.10 Å². The van der Waals surface area contributed by atoms with Crippen molar-refractivity contribution in [3.63, 3.8) is 0 Å². The summed E-state index contributed by atoms with van der Waals surface area (Å²) in [7, 11) is 0. The number of aryl methyl sites for hydroxylation is 1. The molecule has 0 aliphatic rings. The van der Waals surface area contributed by atoms with Gasteiger partial charge in [-0.2, -0.15) is 0 Å². The number of hydrogen-bond acceptors (Lipinski definition) is 4. The number of amides is 2. The SMILES string of the molecule is CCc1ccccc1NC(=O)c1ccc(O[C@H](C)C(=O)NN)cc1. The van der Waals surface area contributed by atoms with E-state index in [0.717, 1.165) is 17.7 Å². The molecule has 0 saturated heterocycles. The lowest BCUT2D eigenvalue weighted by Gasteiger charge is -2.13. The Hall–Kier alpha value is -2.86. The van der Waals surface area contributed by atoms with Crippen molar-refractivity contribution in [2.75, 3.05) is 5.32 Å². The molecule has 0 unspecified atom stereocenters. The fourth-order valence-corrected chi connectivity index (χ4v) is 2.20. The zero-order chi connectivity index (χ0) is 17.5. The molecule has 0 aliphatic carbocycles. The second kappa shape index (κ2) is 8.12. The number of carbonyl (C=O) groups excluding carboxylic acids is 2. The molecule has 6 heteroatoms. The minimum Gasteiger partial charge on any atom is -0.481 e. The van der Waals surface area contributed by atoms with E-state index in [1.165, 1.54) is 0 Å². The van der Waals surface area contributed by atoms with Crippen LogP contribution >= 0.6 is 0 Å². The standard InChI is InChI=1S/C18H21N3O3/c1-3-13-6-4-5-7-16(13)20-18(23)14-8-10-15(11-9-14)24-12(2)17(22)21-19/h4-12H,3,19H2,1-2H3,(H,20,23)(H,21,22)/t12-/m1/s1. The first-order chi connectivity index (χ1) is 11.5. The maximum absolute atomic E-state index is 12.3. The number of benzene rings is 2. The first kappa shape index (κ1) is 17.5. The van der Waals surface area contributed by atoms with Crippen LogP contribution in [-0.2, 0) is 11.2 Å². The number of nitrogens with one attached hydrogen (secondary N) is 2. The van der Waals surface area contributed by atoms with Gasteiger partial charge in [0.2, 0.25) is 0 Å². The Morgan fingerprint density at radius 1 is 1.12 bits per heavy atom. The van der Waals surface area contributed by atoms with Crippen LogP contribution in [0.3, 0.4) is 0 Å². The predicted molar refractivity (Wildman–Crippen MR) is 92.6 cm³/mol. The van der Waals surface area contributed by atoms with E-state index in [4.69, 9.17) is 10.6 Å².